The fourth-order valence-corrected chi connectivity index (χ4v) is 2.87. The molecule has 100 valence electrons. The van der Waals surface area contributed by atoms with Gasteiger partial charge >= 0.3 is 0 Å². The van der Waals surface area contributed by atoms with Gasteiger partial charge in [-0.1, -0.05) is 25.8 Å². The first-order valence-corrected chi connectivity index (χ1v) is 7.23. The van der Waals surface area contributed by atoms with E-state index in [-0.39, 0.29) is 0 Å². The maximum absolute atomic E-state index is 4.52. The summed E-state index contributed by atoms with van der Waals surface area (Å²) in [6.45, 7) is 2.29. The number of pyridine rings is 1. The fraction of sp³-hybridized carbons (Fsp3) is 0.667. The first-order valence-electron chi connectivity index (χ1n) is 7.23. The van der Waals surface area contributed by atoms with Crippen LogP contribution in [0.25, 0.3) is 0 Å². The minimum absolute atomic E-state index is 0.609. The molecule has 0 unspecified atom stereocenters. The summed E-state index contributed by atoms with van der Waals surface area (Å²) in [4.78, 5) is 4.52. The topological polar surface area (TPSA) is 37.0 Å². The van der Waals surface area contributed by atoms with Crippen molar-refractivity contribution in [3.63, 3.8) is 0 Å². The van der Waals surface area contributed by atoms with Crippen LogP contribution in [-0.4, -0.2) is 18.1 Å². The summed E-state index contributed by atoms with van der Waals surface area (Å²) in [6.07, 6.45) is 8.05. The molecular formula is C15H25N3. The molecule has 0 bridgehead atoms. The largest absolute Gasteiger partial charge is 0.373 e. The molecule has 2 N–H and O–H groups in total. The molecule has 0 amide bonds. The van der Waals surface area contributed by atoms with Gasteiger partial charge in [0.25, 0.3) is 0 Å². The lowest BCUT2D eigenvalue weighted by atomic mass is 9.83. The Labute approximate surface area is 110 Å². The van der Waals surface area contributed by atoms with Gasteiger partial charge in [0, 0.05) is 13.1 Å². The molecule has 0 atom stereocenters. The van der Waals surface area contributed by atoms with Crippen molar-refractivity contribution in [2.75, 3.05) is 17.7 Å². The van der Waals surface area contributed by atoms with Crippen LogP contribution >= 0.6 is 0 Å². The normalized spacial score (nSPS) is 23.7. The molecule has 0 radical (unpaired) electrons. The average molecular weight is 247 g/mol. The molecule has 0 aromatic carbocycles. The second-order valence-electron chi connectivity index (χ2n) is 5.31. The van der Waals surface area contributed by atoms with E-state index >= 15 is 0 Å². The number of nitrogens with one attached hydrogen (secondary N) is 2. The molecular weight excluding hydrogens is 222 g/mol. The van der Waals surface area contributed by atoms with Crippen LogP contribution in [0, 0.1) is 5.92 Å². The summed E-state index contributed by atoms with van der Waals surface area (Å²) >= 11 is 0. The lowest BCUT2D eigenvalue weighted by Gasteiger charge is -2.29. The smallest absolute Gasteiger partial charge is 0.128 e. The van der Waals surface area contributed by atoms with Gasteiger partial charge in [-0.05, 0) is 43.7 Å². The van der Waals surface area contributed by atoms with E-state index in [0.717, 1.165) is 17.6 Å². The molecule has 3 heteroatoms. The highest BCUT2D eigenvalue weighted by molar-refractivity contribution is 5.45. The van der Waals surface area contributed by atoms with E-state index in [4.69, 9.17) is 0 Å². The molecule has 1 aromatic rings. The van der Waals surface area contributed by atoms with Gasteiger partial charge in [0.05, 0.1) is 0 Å². The van der Waals surface area contributed by atoms with Gasteiger partial charge in [0.2, 0.25) is 0 Å². The molecule has 0 aliphatic heterocycles. The Kier molecular flexibility index (Phi) is 4.85. The number of hydrogen-bond acceptors (Lipinski definition) is 3. The first-order chi connectivity index (χ1) is 8.81. The molecule has 0 saturated heterocycles. The molecule has 1 aliphatic rings. The summed E-state index contributed by atoms with van der Waals surface area (Å²) < 4.78 is 0. The van der Waals surface area contributed by atoms with E-state index in [2.05, 4.69) is 28.6 Å². The monoisotopic (exact) mass is 247 g/mol. The van der Waals surface area contributed by atoms with Crippen LogP contribution in [0.4, 0.5) is 11.6 Å². The maximum Gasteiger partial charge on any atom is 0.128 e. The van der Waals surface area contributed by atoms with E-state index in [1.54, 1.807) is 0 Å². The van der Waals surface area contributed by atoms with Gasteiger partial charge in [0.1, 0.15) is 11.6 Å². The Morgan fingerprint density at radius 2 is 1.89 bits per heavy atom. The van der Waals surface area contributed by atoms with Gasteiger partial charge in [-0.2, -0.15) is 0 Å². The van der Waals surface area contributed by atoms with Crippen molar-refractivity contribution in [1.29, 1.82) is 0 Å². The average Bonchev–Trinajstić information content (AvgIpc) is 2.42. The van der Waals surface area contributed by atoms with Crippen LogP contribution < -0.4 is 10.6 Å². The Morgan fingerprint density at radius 1 is 1.17 bits per heavy atom. The summed E-state index contributed by atoms with van der Waals surface area (Å²) in [7, 11) is 1.90. The minimum atomic E-state index is 0.609. The molecule has 0 spiro atoms. The highest BCUT2D eigenvalue weighted by Crippen LogP contribution is 2.29. The number of rotatable bonds is 5. The summed E-state index contributed by atoms with van der Waals surface area (Å²) in [5.74, 6) is 2.89. The first kappa shape index (κ1) is 13.2. The molecule has 18 heavy (non-hydrogen) atoms. The molecule has 3 nitrogen and oxygen atoms in total. The van der Waals surface area contributed by atoms with E-state index in [1.807, 2.05) is 19.2 Å². The van der Waals surface area contributed by atoms with E-state index in [9.17, 15) is 0 Å². The second-order valence-corrected chi connectivity index (χ2v) is 5.31. The van der Waals surface area contributed by atoms with Gasteiger partial charge in [-0.15, -0.1) is 0 Å². The van der Waals surface area contributed by atoms with Crippen molar-refractivity contribution < 1.29 is 0 Å². The minimum Gasteiger partial charge on any atom is -0.373 e. The molecule has 1 saturated carbocycles. The summed E-state index contributed by atoms with van der Waals surface area (Å²) in [5, 5.41) is 6.64. The highest BCUT2D eigenvalue weighted by Gasteiger charge is 2.20. The Morgan fingerprint density at radius 3 is 2.56 bits per heavy atom. The van der Waals surface area contributed by atoms with Crippen LogP contribution in [0.5, 0.6) is 0 Å². The zero-order valence-corrected chi connectivity index (χ0v) is 11.6. The summed E-state index contributed by atoms with van der Waals surface area (Å²) in [6, 6.07) is 6.70. The third-order valence-electron chi connectivity index (χ3n) is 3.90. The number of aromatic nitrogens is 1. The zero-order chi connectivity index (χ0) is 12.8. The number of hydrogen-bond donors (Lipinski definition) is 2. The Balaban J connectivity index is 1.83. The van der Waals surface area contributed by atoms with Crippen LogP contribution in [0.1, 0.15) is 45.4 Å². The van der Waals surface area contributed by atoms with Crippen molar-refractivity contribution in [1.82, 2.24) is 4.98 Å². The van der Waals surface area contributed by atoms with Crippen LogP contribution in [0.15, 0.2) is 18.2 Å². The van der Waals surface area contributed by atoms with Gasteiger partial charge < -0.3 is 10.6 Å². The zero-order valence-electron chi connectivity index (χ0n) is 11.6. The van der Waals surface area contributed by atoms with Crippen molar-refractivity contribution >= 4 is 11.6 Å². The standard InChI is InChI=1S/C15H25N3/c1-3-5-12-8-10-13(11-9-12)17-15-7-4-6-14(16-2)18-15/h4,6-7,12-13H,3,5,8-11H2,1-2H3,(H2,16,17,18). The van der Waals surface area contributed by atoms with Crippen molar-refractivity contribution in [2.24, 2.45) is 5.92 Å². The highest BCUT2D eigenvalue weighted by atomic mass is 15.1. The van der Waals surface area contributed by atoms with Crippen molar-refractivity contribution in [3.8, 4) is 0 Å². The van der Waals surface area contributed by atoms with Gasteiger partial charge in [-0.25, -0.2) is 4.98 Å². The quantitative estimate of drug-likeness (QED) is 0.828. The molecule has 1 aliphatic carbocycles. The Bertz CT molecular complexity index is 357. The molecule has 2 rings (SSSR count). The van der Waals surface area contributed by atoms with Gasteiger partial charge in [0.15, 0.2) is 0 Å². The predicted octanol–water partition coefficient (Wildman–Crippen LogP) is 3.89. The lowest BCUT2D eigenvalue weighted by molar-refractivity contribution is 0.318. The third kappa shape index (κ3) is 3.62. The van der Waals surface area contributed by atoms with Crippen molar-refractivity contribution in [3.05, 3.63) is 18.2 Å². The third-order valence-corrected chi connectivity index (χ3v) is 3.90. The molecule has 1 aromatic heterocycles. The van der Waals surface area contributed by atoms with E-state index in [0.29, 0.717) is 6.04 Å². The van der Waals surface area contributed by atoms with Crippen LogP contribution in [-0.2, 0) is 0 Å². The van der Waals surface area contributed by atoms with E-state index < -0.39 is 0 Å². The van der Waals surface area contributed by atoms with Crippen LogP contribution in [0.2, 0.25) is 0 Å². The van der Waals surface area contributed by atoms with Crippen molar-refractivity contribution in [2.45, 2.75) is 51.5 Å². The molecule has 1 heterocycles. The SMILES string of the molecule is CCCC1CCC(Nc2cccc(NC)n2)CC1. The second kappa shape index (κ2) is 6.62. The van der Waals surface area contributed by atoms with Gasteiger partial charge in [-0.3, -0.25) is 0 Å². The van der Waals surface area contributed by atoms with E-state index in [1.165, 1.54) is 38.5 Å². The fourth-order valence-electron chi connectivity index (χ4n) is 2.87. The number of nitrogens with zero attached hydrogens (tertiary/aromatic N) is 1. The predicted molar refractivity (Wildman–Crippen MR) is 78.1 cm³/mol. The summed E-state index contributed by atoms with van der Waals surface area (Å²) in [5.41, 5.74) is 0. The maximum atomic E-state index is 4.52. The lowest BCUT2D eigenvalue weighted by Crippen LogP contribution is -2.26. The Hall–Kier alpha value is -1.25. The number of anilines is 2. The van der Waals surface area contributed by atoms with Crippen LogP contribution in [0.3, 0.4) is 0 Å². The molecule has 1 fully saturated rings.